The van der Waals surface area contributed by atoms with Crippen molar-refractivity contribution in [2.45, 2.75) is 17.6 Å². The number of aliphatic hydroxyl groups excluding tert-OH is 1. The predicted octanol–water partition coefficient (Wildman–Crippen LogP) is 2.39. The second kappa shape index (κ2) is 5.73. The van der Waals surface area contributed by atoms with Crippen LogP contribution in [0.15, 0.2) is 40.6 Å². The van der Waals surface area contributed by atoms with Gasteiger partial charge >= 0.3 is 0 Å². The van der Waals surface area contributed by atoms with Gasteiger partial charge in [-0.15, -0.1) is 11.3 Å². The van der Waals surface area contributed by atoms with Gasteiger partial charge < -0.3 is 5.11 Å². The van der Waals surface area contributed by atoms with Crippen LogP contribution < -0.4 is 4.72 Å². The van der Waals surface area contributed by atoms with Crippen LogP contribution in [0.1, 0.15) is 10.4 Å². The van der Waals surface area contributed by atoms with Gasteiger partial charge in [0.2, 0.25) is 0 Å². The number of hydrogen-bond acceptors (Lipinski definition) is 4. The monoisotopic (exact) mass is 297 g/mol. The number of sulfonamides is 1. The van der Waals surface area contributed by atoms with Gasteiger partial charge in [-0.3, -0.25) is 4.72 Å². The van der Waals surface area contributed by atoms with E-state index in [0.29, 0.717) is 16.3 Å². The number of benzene rings is 1. The molecule has 0 atom stereocenters. The van der Waals surface area contributed by atoms with Gasteiger partial charge in [0.15, 0.2) is 0 Å². The minimum atomic E-state index is -3.50. The Morgan fingerprint density at radius 3 is 2.37 bits per heavy atom. The first kappa shape index (κ1) is 14.0. The average molecular weight is 297 g/mol. The van der Waals surface area contributed by atoms with E-state index in [2.05, 4.69) is 4.72 Å². The summed E-state index contributed by atoms with van der Waals surface area (Å²) in [6, 6.07) is 10.4. The molecule has 0 saturated heterocycles. The van der Waals surface area contributed by atoms with Crippen molar-refractivity contribution >= 4 is 27.0 Å². The van der Waals surface area contributed by atoms with E-state index >= 15 is 0 Å². The molecule has 0 fully saturated rings. The van der Waals surface area contributed by atoms with Crippen LogP contribution in [0.2, 0.25) is 0 Å². The summed E-state index contributed by atoms with van der Waals surface area (Å²) in [4.78, 5) is 0.957. The first-order valence-corrected chi connectivity index (χ1v) is 8.10. The van der Waals surface area contributed by atoms with E-state index < -0.39 is 10.0 Å². The summed E-state index contributed by atoms with van der Waals surface area (Å²) in [5.74, 6) is 0. The van der Waals surface area contributed by atoms with Crippen molar-refractivity contribution in [3.63, 3.8) is 0 Å². The van der Waals surface area contributed by atoms with E-state index in [1.807, 2.05) is 6.92 Å². The highest BCUT2D eigenvalue weighted by molar-refractivity contribution is 7.94. The minimum Gasteiger partial charge on any atom is -0.396 e. The Hall–Kier alpha value is -1.37. The Labute approximate surface area is 116 Å². The molecule has 0 spiro atoms. The predicted molar refractivity (Wildman–Crippen MR) is 77.1 cm³/mol. The van der Waals surface area contributed by atoms with Gasteiger partial charge in [0.05, 0.1) is 0 Å². The minimum absolute atomic E-state index is 0.0829. The summed E-state index contributed by atoms with van der Waals surface area (Å²) in [5, 5.41) is 8.82. The molecule has 102 valence electrons. The zero-order valence-electron chi connectivity index (χ0n) is 10.5. The Morgan fingerprint density at radius 2 is 1.84 bits per heavy atom. The van der Waals surface area contributed by atoms with E-state index in [1.165, 1.54) is 11.3 Å². The van der Waals surface area contributed by atoms with E-state index in [1.54, 1.807) is 36.4 Å². The Balaban J connectivity index is 2.16. The van der Waals surface area contributed by atoms with Crippen LogP contribution in [0.3, 0.4) is 0 Å². The molecule has 0 bridgehead atoms. The van der Waals surface area contributed by atoms with Crippen LogP contribution in [0.25, 0.3) is 0 Å². The molecule has 0 aliphatic carbocycles. The van der Waals surface area contributed by atoms with Crippen LogP contribution in [0.5, 0.6) is 0 Å². The first-order valence-electron chi connectivity index (χ1n) is 5.80. The van der Waals surface area contributed by atoms with Crippen LogP contribution in [-0.4, -0.2) is 20.1 Å². The maximum Gasteiger partial charge on any atom is 0.271 e. The highest BCUT2D eigenvalue weighted by Crippen LogP contribution is 2.23. The van der Waals surface area contributed by atoms with Crippen molar-refractivity contribution in [1.82, 2.24) is 0 Å². The summed E-state index contributed by atoms with van der Waals surface area (Å²) < 4.78 is 27.0. The number of hydrogen-bond donors (Lipinski definition) is 2. The summed E-state index contributed by atoms with van der Waals surface area (Å²) in [5.41, 5.74) is 1.49. The number of nitrogens with one attached hydrogen (secondary N) is 1. The fraction of sp³-hybridized carbons (Fsp3) is 0.231. The van der Waals surface area contributed by atoms with Crippen LogP contribution in [0.4, 0.5) is 5.69 Å². The SMILES string of the molecule is Cc1ccc(S(=O)(=O)Nc2ccc(CCO)cc2)s1. The lowest BCUT2D eigenvalue weighted by molar-refractivity contribution is 0.299. The molecule has 2 N–H and O–H groups in total. The van der Waals surface area contributed by atoms with Gasteiger partial charge in [-0.1, -0.05) is 12.1 Å². The van der Waals surface area contributed by atoms with Crippen molar-refractivity contribution < 1.29 is 13.5 Å². The molecule has 1 aromatic carbocycles. The topological polar surface area (TPSA) is 66.4 Å². The lowest BCUT2D eigenvalue weighted by Crippen LogP contribution is -2.11. The van der Waals surface area contributed by atoms with E-state index in [0.717, 1.165) is 10.4 Å². The summed E-state index contributed by atoms with van der Waals surface area (Å²) in [6.07, 6.45) is 0.567. The molecule has 0 saturated carbocycles. The van der Waals surface area contributed by atoms with Crippen LogP contribution in [0, 0.1) is 6.92 Å². The molecule has 6 heteroatoms. The molecule has 2 aromatic rings. The van der Waals surface area contributed by atoms with Crippen molar-refractivity contribution in [1.29, 1.82) is 0 Å². The number of aryl methyl sites for hydroxylation is 1. The molecule has 0 radical (unpaired) electrons. The normalized spacial score (nSPS) is 11.5. The van der Waals surface area contributed by atoms with Crippen molar-refractivity contribution in [2.75, 3.05) is 11.3 Å². The second-order valence-corrected chi connectivity index (χ2v) is 7.34. The third kappa shape index (κ3) is 3.56. The van der Waals surface area contributed by atoms with Gasteiger partial charge in [-0.2, -0.15) is 0 Å². The lowest BCUT2D eigenvalue weighted by Gasteiger charge is -2.07. The van der Waals surface area contributed by atoms with E-state index in [4.69, 9.17) is 5.11 Å². The maximum absolute atomic E-state index is 12.1. The molecule has 0 aliphatic rings. The fourth-order valence-electron chi connectivity index (χ4n) is 1.63. The second-order valence-electron chi connectivity index (χ2n) is 4.14. The number of anilines is 1. The standard InChI is InChI=1S/C13H15NO3S2/c1-10-2-7-13(18-10)19(16,17)14-12-5-3-11(4-6-12)8-9-15/h2-7,14-15H,8-9H2,1H3. The van der Waals surface area contributed by atoms with Crippen LogP contribution in [-0.2, 0) is 16.4 Å². The third-order valence-electron chi connectivity index (χ3n) is 2.59. The first-order chi connectivity index (χ1) is 9.01. The summed E-state index contributed by atoms with van der Waals surface area (Å²) in [6.45, 7) is 1.95. The smallest absolute Gasteiger partial charge is 0.271 e. The van der Waals surface area contributed by atoms with Crippen molar-refractivity contribution in [3.05, 3.63) is 46.8 Å². The largest absolute Gasteiger partial charge is 0.396 e. The quantitative estimate of drug-likeness (QED) is 0.890. The molecular weight excluding hydrogens is 282 g/mol. The van der Waals surface area contributed by atoms with Gasteiger partial charge in [-0.25, -0.2) is 8.42 Å². The molecule has 19 heavy (non-hydrogen) atoms. The van der Waals surface area contributed by atoms with Crippen molar-refractivity contribution in [3.8, 4) is 0 Å². The number of aliphatic hydroxyl groups is 1. The number of thiophene rings is 1. The average Bonchev–Trinajstić information content (AvgIpc) is 2.79. The summed E-state index contributed by atoms with van der Waals surface area (Å²) >= 11 is 1.24. The van der Waals surface area contributed by atoms with E-state index in [9.17, 15) is 8.42 Å². The van der Waals surface area contributed by atoms with E-state index in [-0.39, 0.29) is 6.61 Å². The zero-order valence-corrected chi connectivity index (χ0v) is 12.1. The molecule has 0 aliphatic heterocycles. The molecule has 1 heterocycles. The lowest BCUT2D eigenvalue weighted by atomic mass is 10.1. The molecule has 4 nitrogen and oxygen atoms in total. The maximum atomic E-state index is 12.1. The zero-order chi connectivity index (χ0) is 13.9. The highest BCUT2D eigenvalue weighted by Gasteiger charge is 2.15. The molecule has 0 amide bonds. The summed E-state index contributed by atoms with van der Waals surface area (Å²) in [7, 11) is -3.50. The molecule has 0 unspecified atom stereocenters. The molecule has 1 aromatic heterocycles. The Bertz CT molecular complexity index is 645. The van der Waals surface area contributed by atoms with Gasteiger partial charge in [0, 0.05) is 17.2 Å². The Morgan fingerprint density at radius 1 is 1.16 bits per heavy atom. The fourth-order valence-corrected chi connectivity index (χ4v) is 3.97. The molecule has 2 rings (SSSR count). The third-order valence-corrected chi connectivity index (χ3v) is 5.46. The Kier molecular flexibility index (Phi) is 4.24. The van der Waals surface area contributed by atoms with Gasteiger partial charge in [0.25, 0.3) is 10.0 Å². The molecular formula is C13H15NO3S2. The van der Waals surface area contributed by atoms with Crippen molar-refractivity contribution in [2.24, 2.45) is 0 Å². The highest BCUT2D eigenvalue weighted by atomic mass is 32.2. The van der Waals surface area contributed by atoms with Crippen LogP contribution >= 0.6 is 11.3 Å². The van der Waals surface area contributed by atoms with Gasteiger partial charge in [0.1, 0.15) is 4.21 Å². The van der Waals surface area contributed by atoms with Gasteiger partial charge in [-0.05, 0) is 43.2 Å². The number of rotatable bonds is 5.